The average molecular weight is 217 g/mol. The lowest BCUT2D eigenvalue weighted by Crippen LogP contribution is -2.00. The van der Waals surface area contributed by atoms with Gasteiger partial charge >= 0.3 is 0 Å². The van der Waals surface area contributed by atoms with Gasteiger partial charge in [-0.25, -0.2) is 4.98 Å². The quantitative estimate of drug-likeness (QED) is 0.834. The van der Waals surface area contributed by atoms with E-state index in [0.29, 0.717) is 17.5 Å². The highest BCUT2D eigenvalue weighted by Crippen LogP contribution is 2.19. The number of hydrogen-bond donors (Lipinski definition) is 1. The van der Waals surface area contributed by atoms with Crippen molar-refractivity contribution in [3.05, 3.63) is 16.7 Å². The summed E-state index contributed by atoms with van der Waals surface area (Å²) in [5.41, 5.74) is 0.938. The standard InChI is InChI=1S/C10H17ClN2O/c1-7(2)6-8-10(11)13(3)9(12-8)4-5-14/h7,14H,4-6H2,1-3H3. The third-order valence-electron chi connectivity index (χ3n) is 2.12. The molecular formula is C10H17ClN2O. The number of rotatable bonds is 4. The summed E-state index contributed by atoms with van der Waals surface area (Å²) < 4.78 is 1.84. The Kier molecular flexibility index (Phi) is 3.96. The van der Waals surface area contributed by atoms with Crippen molar-refractivity contribution in [2.24, 2.45) is 13.0 Å². The summed E-state index contributed by atoms with van der Waals surface area (Å²) in [6.45, 7) is 4.38. The Hall–Kier alpha value is -0.540. The molecule has 1 heterocycles. The number of halogens is 1. The van der Waals surface area contributed by atoms with Crippen molar-refractivity contribution < 1.29 is 5.11 Å². The van der Waals surface area contributed by atoms with Gasteiger partial charge in [0.25, 0.3) is 0 Å². The molecule has 0 aromatic carbocycles. The lowest BCUT2D eigenvalue weighted by Gasteiger charge is -2.01. The van der Waals surface area contributed by atoms with Crippen molar-refractivity contribution >= 4 is 11.6 Å². The van der Waals surface area contributed by atoms with E-state index in [9.17, 15) is 0 Å². The second-order valence-corrected chi connectivity index (χ2v) is 4.25. The third-order valence-corrected chi connectivity index (χ3v) is 2.59. The Morgan fingerprint density at radius 1 is 1.50 bits per heavy atom. The fraction of sp³-hybridized carbons (Fsp3) is 0.700. The number of aromatic nitrogens is 2. The number of aliphatic hydroxyl groups excluding tert-OH is 1. The van der Waals surface area contributed by atoms with Crippen LogP contribution < -0.4 is 0 Å². The SMILES string of the molecule is CC(C)Cc1nc(CCO)n(C)c1Cl. The molecule has 1 N–H and O–H groups in total. The van der Waals surface area contributed by atoms with Crippen molar-refractivity contribution in [1.82, 2.24) is 9.55 Å². The van der Waals surface area contributed by atoms with Crippen molar-refractivity contribution in [2.75, 3.05) is 6.61 Å². The van der Waals surface area contributed by atoms with Gasteiger partial charge in [-0.1, -0.05) is 25.4 Å². The van der Waals surface area contributed by atoms with Crippen LogP contribution in [-0.4, -0.2) is 21.3 Å². The highest BCUT2D eigenvalue weighted by Gasteiger charge is 2.13. The second-order valence-electron chi connectivity index (χ2n) is 3.90. The van der Waals surface area contributed by atoms with E-state index < -0.39 is 0 Å². The molecule has 0 aliphatic rings. The summed E-state index contributed by atoms with van der Waals surface area (Å²) in [4.78, 5) is 4.41. The Bertz CT molecular complexity index is 307. The van der Waals surface area contributed by atoms with Crippen LogP contribution >= 0.6 is 11.6 Å². The van der Waals surface area contributed by atoms with Crippen LogP contribution in [0.25, 0.3) is 0 Å². The molecule has 0 saturated heterocycles. The molecule has 3 nitrogen and oxygen atoms in total. The smallest absolute Gasteiger partial charge is 0.131 e. The predicted octanol–water partition coefficient (Wildman–Crippen LogP) is 1.81. The molecule has 0 bridgehead atoms. The van der Waals surface area contributed by atoms with E-state index in [0.717, 1.165) is 17.9 Å². The van der Waals surface area contributed by atoms with Crippen LogP contribution in [0.3, 0.4) is 0 Å². The number of imidazole rings is 1. The number of hydrogen-bond acceptors (Lipinski definition) is 2. The Morgan fingerprint density at radius 3 is 2.64 bits per heavy atom. The molecular weight excluding hydrogens is 200 g/mol. The molecule has 0 radical (unpaired) electrons. The minimum atomic E-state index is 0.113. The first kappa shape index (κ1) is 11.5. The number of aliphatic hydroxyl groups is 1. The van der Waals surface area contributed by atoms with Gasteiger partial charge in [-0.3, -0.25) is 0 Å². The first-order valence-corrected chi connectivity index (χ1v) is 5.24. The Labute approximate surface area is 89.7 Å². The summed E-state index contributed by atoms with van der Waals surface area (Å²) in [5, 5.41) is 9.53. The van der Waals surface area contributed by atoms with E-state index in [1.54, 1.807) is 0 Å². The maximum atomic E-state index is 8.83. The van der Waals surface area contributed by atoms with Gasteiger partial charge < -0.3 is 9.67 Å². The summed E-state index contributed by atoms with van der Waals surface area (Å²) >= 11 is 6.11. The van der Waals surface area contributed by atoms with Crippen LogP contribution in [0.4, 0.5) is 0 Å². The van der Waals surface area contributed by atoms with E-state index >= 15 is 0 Å². The highest BCUT2D eigenvalue weighted by molar-refractivity contribution is 6.30. The first-order valence-electron chi connectivity index (χ1n) is 4.87. The van der Waals surface area contributed by atoms with Crippen LogP contribution in [0.5, 0.6) is 0 Å². The van der Waals surface area contributed by atoms with Crippen molar-refractivity contribution in [1.29, 1.82) is 0 Å². The van der Waals surface area contributed by atoms with Gasteiger partial charge in [0.2, 0.25) is 0 Å². The molecule has 4 heteroatoms. The lowest BCUT2D eigenvalue weighted by molar-refractivity contribution is 0.295. The molecule has 1 aromatic heterocycles. The molecule has 1 rings (SSSR count). The maximum absolute atomic E-state index is 8.83. The van der Waals surface area contributed by atoms with Crippen molar-refractivity contribution in [3.63, 3.8) is 0 Å². The fourth-order valence-corrected chi connectivity index (χ4v) is 1.64. The van der Waals surface area contributed by atoms with Gasteiger partial charge in [-0.2, -0.15) is 0 Å². The van der Waals surface area contributed by atoms with Crippen LogP contribution in [0.1, 0.15) is 25.4 Å². The molecule has 80 valence electrons. The fourth-order valence-electron chi connectivity index (χ4n) is 1.42. The summed E-state index contributed by atoms with van der Waals surface area (Å²) in [6.07, 6.45) is 1.45. The molecule has 0 aliphatic heterocycles. The van der Waals surface area contributed by atoms with Crippen LogP contribution in [0.15, 0.2) is 0 Å². The molecule has 14 heavy (non-hydrogen) atoms. The maximum Gasteiger partial charge on any atom is 0.131 e. The molecule has 0 atom stereocenters. The largest absolute Gasteiger partial charge is 0.396 e. The Morgan fingerprint density at radius 2 is 2.14 bits per heavy atom. The van der Waals surface area contributed by atoms with Gasteiger partial charge in [0.1, 0.15) is 11.0 Å². The number of nitrogens with zero attached hydrogens (tertiary/aromatic N) is 2. The van der Waals surface area contributed by atoms with E-state index in [1.807, 2.05) is 11.6 Å². The molecule has 0 saturated carbocycles. The van der Waals surface area contributed by atoms with E-state index in [2.05, 4.69) is 18.8 Å². The zero-order valence-electron chi connectivity index (χ0n) is 8.92. The Balaban J connectivity index is 2.90. The molecule has 0 amide bonds. The minimum Gasteiger partial charge on any atom is -0.396 e. The van der Waals surface area contributed by atoms with Crippen LogP contribution in [0, 0.1) is 5.92 Å². The van der Waals surface area contributed by atoms with Gasteiger partial charge in [-0.15, -0.1) is 0 Å². The van der Waals surface area contributed by atoms with E-state index in [4.69, 9.17) is 16.7 Å². The molecule has 0 unspecified atom stereocenters. The molecule has 0 aliphatic carbocycles. The summed E-state index contributed by atoms with van der Waals surface area (Å²) in [7, 11) is 1.88. The van der Waals surface area contributed by atoms with Gasteiger partial charge in [0.05, 0.1) is 12.3 Å². The monoisotopic (exact) mass is 216 g/mol. The van der Waals surface area contributed by atoms with E-state index in [1.165, 1.54) is 0 Å². The normalized spacial score (nSPS) is 11.3. The van der Waals surface area contributed by atoms with Crippen molar-refractivity contribution in [2.45, 2.75) is 26.7 Å². The topological polar surface area (TPSA) is 38.1 Å². The van der Waals surface area contributed by atoms with Crippen molar-refractivity contribution in [3.8, 4) is 0 Å². The molecule has 0 spiro atoms. The van der Waals surface area contributed by atoms with Crippen LogP contribution in [-0.2, 0) is 19.9 Å². The second kappa shape index (κ2) is 4.80. The molecule has 1 aromatic rings. The average Bonchev–Trinajstić information content (AvgIpc) is 2.34. The zero-order chi connectivity index (χ0) is 10.7. The lowest BCUT2D eigenvalue weighted by atomic mass is 10.1. The van der Waals surface area contributed by atoms with E-state index in [-0.39, 0.29) is 6.61 Å². The summed E-state index contributed by atoms with van der Waals surface area (Å²) in [6, 6.07) is 0. The minimum absolute atomic E-state index is 0.113. The zero-order valence-corrected chi connectivity index (χ0v) is 9.67. The third kappa shape index (κ3) is 2.49. The van der Waals surface area contributed by atoms with Gasteiger partial charge in [0, 0.05) is 13.5 Å². The van der Waals surface area contributed by atoms with Gasteiger partial charge in [0.15, 0.2) is 0 Å². The van der Waals surface area contributed by atoms with Gasteiger partial charge in [-0.05, 0) is 12.3 Å². The summed E-state index contributed by atoms with van der Waals surface area (Å²) in [5.74, 6) is 1.40. The highest BCUT2D eigenvalue weighted by atomic mass is 35.5. The first-order chi connectivity index (χ1) is 6.56. The van der Waals surface area contributed by atoms with Crippen LogP contribution in [0.2, 0.25) is 5.15 Å². The molecule has 0 fully saturated rings. The predicted molar refractivity (Wildman–Crippen MR) is 57.5 cm³/mol.